The number of aryl methyl sites for hydroxylation is 2. The van der Waals surface area contributed by atoms with Crippen molar-refractivity contribution in [2.45, 2.75) is 33.4 Å². The van der Waals surface area contributed by atoms with Gasteiger partial charge in [0.2, 0.25) is 4.77 Å². The number of nitrogens with one attached hydrogen (secondary N) is 2. The minimum Gasteiger partial charge on any atom is -0.493 e. The second-order valence-corrected chi connectivity index (χ2v) is 7.47. The van der Waals surface area contributed by atoms with Crippen molar-refractivity contribution in [2.24, 2.45) is 0 Å². The molecule has 0 aliphatic heterocycles. The number of benzene rings is 2. The second-order valence-electron chi connectivity index (χ2n) is 7.09. The molecule has 0 saturated carbocycles. The molecule has 0 amide bonds. The predicted octanol–water partition coefficient (Wildman–Crippen LogP) is 3.12. The highest BCUT2D eigenvalue weighted by Gasteiger charge is 2.12. The third-order valence-corrected chi connectivity index (χ3v) is 5.17. The maximum atomic E-state index is 5.97. The normalized spacial score (nSPS) is 10.8. The topological polar surface area (TPSA) is 108 Å². The van der Waals surface area contributed by atoms with Gasteiger partial charge in [0.25, 0.3) is 0 Å². The third kappa shape index (κ3) is 4.62. The molecule has 2 aromatic heterocycles. The number of hydrogen-bond donors (Lipinski definition) is 2. The van der Waals surface area contributed by atoms with Gasteiger partial charge >= 0.3 is 0 Å². The van der Waals surface area contributed by atoms with Crippen molar-refractivity contribution in [2.75, 3.05) is 12.5 Å². The van der Waals surface area contributed by atoms with E-state index >= 15 is 0 Å². The molecule has 11 heteroatoms. The first kappa shape index (κ1) is 21.5. The van der Waals surface area contributed by atoms with Gasteiger partial charge in [-0.05, 0) is 59.4 Å². The van der Waals surface area contributed by atoms with Gasteiger partial charge in [-0.1, -0.05) is 30.7 Å². The van der Waals surface area contributed by atoms with Gasteiger partial charge in [-0.3, -0.25) is 5.10 Å². The largest absolute Gasteiger partial charge is 0.493 e. The molecule has 166 valence electrons. The maximum Gasteiger partial charge on any atom is 0.214 e. The molecule has 2 heterocycles. The van der Waals surface area contributed by atoms with Crippen LogP contribution in [0.1, 0.15) is 29.7 Å². The maximum absolute atomic E-state index is 5.97. The van der Waals surface area contributed by atoms with Crippen molar-refractivity contribution >= 4 is 12.2 Å². The van der Waals surface area contributed by atoms with Gasteiger partial charge in [-0.15, -0.1) is 5.10 Å². The number of aromatic nitrogens is 7. The van der Waals surface area contributed by atoms with Crippen LogP contribution in [-0.2, 0) is 19.6 Å². The van der Waals surface area contributed by atoms with E-state index < -0.39 is 0 Å². The minimum atomic E-state index is 0.193. The van der Waals surface area contributed by atoms with Crippen LogP contribution in [0, 0.1) is 11.7 Å². The Hall–Kier alpha value is -3.73. The van der Waals surface area contributed by atoms with E-state index in [4.69, 9.17) is 21.7 Å². The molecule has 0 bridgehead atoms. The number of aromatic amines is 1. The number of hydrogen-bond acceptors (Lipinski definition) is 8. The van der Waals surface area contributed by atoms with Gasteiger partial charge in [0.05, 0.1) is 19.3 Å². The molecule has 4 aromatic rings. The summed E-state index contributed by atoms with van der Waals surface area (Å²) in [6.45, 7) is 4.79. The lowest BCUT2D eigenvalue weighted by Gasteiger charge is -2.13. The van der Waals surface area contributed by atoms with Crippen LogP contribution in [0.25, 0.3) is 5.69 Å². The predicted molar refractivity (Wildman–Crippen MR) is 121 cm³/mol. The van der Waals surface area contributed by atoms with Crippen LogP contribution in [0.15, 0.2) is 42.5 Å². The Balaban J connectivity index is 1.45. The fourth-order valence-corrected chi connectivity index (χ4v) is 3.38. The lowest BCUT2D eigenvalue weighted by atomic mass is 10.2. The number of tetrazole rings is 1. The van der Waals surface area contributed by atoms with Gasteiger partial charge < -0.3 is 14.9 Å². The summed E-state index contributed by atoms with van der Waals surface area (Å²) in [6.07, 6.45) is 0.762. The van der Waals surface area contributed by atoms with Crippen LogP contribution in [0.3, 0.4) is 0 Å². The average Bonchev–Trinajstić information content (AvgIpc) is 3.43. The molecule has 0 radical (unpaired) electrons. The molecule has 10 nitrogen and oxygen atoms in total. The van der Waals surface area contributed by atoms with E-state index in [0.717, 1.165) is 23.5 Å². The first-order valence-electron chi connectivity index (χ1n) is 10.1. The van der Waals surface area contributed by atoms with Crippen LogP contribution >= 0.6 is 12.2 Å². The summed E-state index contributed by atoms with van der Waals surface area (Å²) in [5.74, 6) is 2.64. The Labute approximate surface area is 190 Å². The van der Waals surface area contributed by atoms with E-state index in [9.17, 15) is 0 Å². The molecule has 0 fully saturated rings. The number of ether oxygens (including phenoxy) is 2. The zero-order valence-corrected chi connectivity index (χ0v) is 18.9. The number of rotatable bonds is 9. The monoisotopic (exact) mass is 452 g/mol. The first-order chi connectivity index (χ1) is 15.6. The van der Waals surface area contributed by atoms with Gasteiger partial charge in [0, 0.05) is 6.42 Å². The average molecular weight is 453 g/mol. The van der Waals surface area contributed by atoms with Crippen molar-refractivity contribution in [1.82, 2.24) is 35.1 Å². The Morgan fingerprint density at radius 3 is 2.66 bits per heavy atom. The van der Waals surface area contributed by atoms with E-state index in [1.165, 1.54) is 5.56 Å². The smallest absolute Gasteiger partial charge is 0.214 e. The van der Waals surface area contributed by atoms with Crippen LogP contribution in [0.4, 0.5) is 0 Å². The second kappa shape index (κ2) is 9.60. The quantitative estimate of drug-likeness (QED) is 0.373. The zero-order valence-electron chi connectivity index (χ0n) is 18.1. The van der Waals surface area contributed by atoms with E-state index in [0.29, 0.717) is 28.6 Å². The summed E-state index contributed by atoms with van der Waals surface area (Å²) in [5.41, 5.74) is 6.32. The van der Waals surface area contributed by atoms with Crippen LogP contribution < -0.4 is 14.9 Å². The highest BCUT2D eigenvalue weighted by atomic mass is 32.1. The van der Waals surface area contributed by atoms with Crippen molar-refractivity contribution < 1.29 is 9.47 Å². The molecule has 0 aliphatic rings. The van der Waals surface area contributed by atoms with E-state index in [1.54, 1.807) is 16.5 Å². The molecule has 0 spiro atoms. The Kier molecular flexibility index (Phi) is 6.45. The van der Waals surface area contributed by atoms with Crippen molar-refractivity contribution in [3.05, 3.63) is 70.0 Å². The molecule has 2 aromatic carbocycles. The summed E-state index contributed by atoms with van der Waals surface area (Å²) < 4.78 is 15.5. The van der Waals surface area contributed by atoms with Crippen LogP contribution in [-0.4, -0.2) is 42.2 Å². The summed E-state index contributed by atoms with van der Waals surface area (Å²) in [5, 5.41) is 18.9. The lowest BCUT2D eigenvalue weighted by Crippen LogP contribution is -2.17. The molecular formula is C21H24N8O2S. The molecular weight excluding hydrogens is 428 g/mol. The highest BCUT2D eigenvalue weighted by molar-refractivity contribution is 7.71. The SMILES string of the molecule is CCc1n[nH]c(=S)n1NCc1ccc(OCc2nnnn2-c2ccc(C)cc2)c(OC)c1. The van der Waals surface area contributed by atoms with Crippen molar-refractivity contribution in [1.29, 1.82) is 0 Å². The van der Waals surface area contributed by atoms with Gasteiger partial charge in [0.1, 0.15) is 0 Å². The lowest BCUT2D eigenvalue weighted by molar-refractivity contribution is 0.273. The number of nitrogens with zero attached hydrogens (tertiary/aromatic N) is 6. The van der Waals surface area contributed by atoms with E-state index in [2.05, 4.69) is 31.1 Å². The summed E-state index contributed by atoms with van der Waals surface area (Å²) in [6, 6.07) is 13.7. The fraction of sp³-hybridized carbons (Fsp3) is 0.286. The summed E-state index contributed by atoms with van der Waals surface area (Å²) in [4.78, 5) is 0. The zero-order chi connectivity index (χ0) is 22.5. The summed E-state index contributed by atoms with van der Waals surface area (Å²) >= 11 is 5.27. The van der Waals surface area contributed by atoms with Crippen LogP contribution in [0.2, 0.25) is 0 Å². The van der Waals surface area contributed by atoms with Crippen LogP contribution in [0.5, 0.6) is 11.5 Å². The van der Waals surface area contributed by atoms with Crippen molar-refractivity contribution in [3.8, 4) is 17.2 Å². The standard InChI is InChI=1S/C21H24N8O2S/c1-4-19-23-25-21(32)29(19)22-12-15-7-10-17(18(11-15)30-3)31-13-20-24-26-27-28(20)16-8-5-14(2)6-9-16/h5-11,22H,4,12-13H2,1-3H3,(H,25,32). The van der Waals surface area contributed by atoms with E-state index in [-0.39, 0.29) is 6.61 Å². The molecule has 4 rings (SSSR count). The molecule has 0 aliphatic carbocycles. The van der Waals surface area contributed by atoms with Crippen molar-refractivity contribution in [3.63, 3.8) is 0 Å². The molecule has 2 N–H and O–H groups in total. The summed E-state index contributed by atoms with van der Waals surface area (Å²) in [7, 11) is 1.61. The molecule has 0 unspecified atom stereocenters. The Bertz CT molecular complexity index is 1250. The Morgan fingerprint density at radius 2 is 1.91 bits per heavy atom. The third-order valence-electron chi connectivity index (χ3n) is 4.90. The van der Waals surface area contributed by atoms with Gasteiger partial charge in [-0.25, -0.2) is 4.68 Å². The minimum absolute atomic E-state index is 0.193. The Morgan fingerprint density at radius 1 is 1.09 bits per heavy atom. The van der Waals surface area contributed by atoms with Gasteiger partial charge in [-0.2, -0.15) is 9.78 Å². The molecule has 0 saturated heterocycles. The van der Waals surface area contributed by atoms with Gasteiger partial charge in [0.15, 0.2) is 29.8 Å². The number of H-pyrrole nitrogens is 1. The molecule has 0 atom stereocenters. The molecule has 32 heavy (non-hydrogen) atoms. The van der Waals surface area contributed by atoms with E-state index in [1.807, 2.05) is 56.3 Å². The highest BCUT2D eigenvalue weighted by Crippen LogP contribution is 2.29. The first-order valence-corrected chi connectivity index (χ1v) is 10.5. The number of methoxy groups -OCH3 is 1. The fourth-order valence-electron chi connectivity index (χ4n) is 3.17.